The van der Waals surface area contributed by atoms with Gasteiger partial charge in [0.15, 0.2) is 0 Å². The smallest absolute Gasteiger partial charge is 0.335 e. The van der Waals surface area contributed by atoms with E-state index in [0.717, 1.165) is 49.8 Å². The molecule has 1 aromatic carbocycles. The zero-order chi connectivity index (χ0) is 16.6. The van der Waals surface area contributed by atoms with Crippen molar-refractivity contribution in [1.29, 1.82) is 0 Å². The first-order valence-corrected chi connectivity index (χ1v) is 8.07. The van der Waals surface area contributed by atoms with Crippen LogP contribution in [0.3, 0.4) is 0 Å². The van der Waals surface area contributed by atoms with E-state index in [1.54, 1.807) is 0 Å². The molecule has 0 bridgehead atoms. The maximum atomic E-state index is 12.7. The van der Waals surface area contributed by atoms with Crippen LogP contribution in [0, 0.1) is 5.92 Å². The van der Waals surface area contributed by atoms with E-state index in [0.29, 0.717) is 6.54 Å². The molecule has 0 unspecified atom stereocenters. The second-order valence-electron chi connectivity index (χ2n) is 6.66. The van der Waals surface area contributed by atoms with Crippen LogP contribution in [0.2, 0.25) is 0 Å². The second-order valence-corrected chi connectivity index (χ2v) is 6.66. The number of hydrogen-bond acceptors (Lipinski definition) is 2. The van der Waals surface area contributed by atoms with Crippen molar-refractivity contribution in [1.82, 2.24) is 4.90 Å². The molecule has 2 N–H and O–H groups in total. The number of carbonyl (C=O) groups excluding carboxylic acids is 1. The van der Waals surface area contributed by atoms with Gasteiger partial charge < -0.3 is 10.6 Å². The van der Waals surface area contributed by atoms with Crippen molar-refractivity contribution < 1.29 is 18.0 Å². The van der Waals surface area contributed by atoms with Gasteiger partial charge in [0.25, 0.3) is 0 Å². The number of hydrogen-bond donors (Lipinski definition) is 1. The summed E-state index contributed by atoms with van der Waals surface area (Å²) < 4.78 is 37.8. The molecule has 2 fully saturated rings. The fraction of sp³-hybridized carbons (Fsp3) is 0.588. The molecule has 126 valence electrons. The van der Waals surface area contributed by atoms with E-state index in [-0.39, 0.29) is 23.9 Å². The second kappa shape index (κ2) is 6.15. The largest absolute Gasteiger partial charge is 0.416 e. The molecule has 23 heavy (non-hydrogen) atoms. The molecule has 0 aromatic heterocycles. The van der Waals surface area contributed by atoms with Crippen LogP contribution in [0.1, 0.15) is 43.2 Å². The SMILES string of the molecule is N[C@@H]1CC[C@H](C(=O)N(Cc2ccc(C(F)(F)F)cc2)C2CC2)C1. The van der Waals surface area contributed by atoms with Crippen LogP contribution in [0.5, 0.6) is 0 Å². The summed E-state index contributed by atoms with van der Waals surface area (Å²) in [5, 5.41) is 0. The number of alkyl halides is 3. The first-order valence-electron chi connectivity index (χ1n) is 8.07. The summed E-state index contributed by atoms with van der Waals surface area (Å²) in [5.41, 5.74) is 5.96. The third-order valence-corrected chi connectivity index (χ3v) is 4.73. The topological polar surface area (TPSA) is 46.3 Å². The fourth-order valence-electron chi connectivity index (χ4n) is 3.24. The molecule has 0 heterocycles. The van der Waals surface area contributed by atoms with E-state index in [1.165, 1.54) is 12.1 Å². The molecule has 1 aromatic rings. The van der Waals surface area contributed by atoms with Crippen LogP contribution in [-0.4, -0.2) is 22.9 Å². The number of carbonyl (C=O) groups is 1. The van der Waals surface area contributed by atoms with Gasteiger partial charge in [0, 0.05) is 24.5 Å². The van der Waals surface area contributed by atoms with Gasteiger partial charge in [0.1, 0.15) is 0 Å². The van der Waals surface area contributed by atoms with Gasteiger partial charge in [-0.3, -0.25) is 4.79 Å². The van der Waals surface area contributed by atoms with Crippen molar-refractivity contribution in [3.8, 4) is 0 Å². The van der Waals surface area contributed by atoms with E-state index in [2.05, 4.69) is 0 Å². The number of halogens is 3. The molecule has 0 spiro atoms. The fourth-order valence-corrected chi connectivity index (χ4v) is 3.24. The molecule has 2 aliphatic carbocycles. The summed E-state index contributed by atoms with van der Waals surface area (Å²) in [6.07, 6.45) is 0.0291. The van der Waals surface area contributed by atoms with E-state index in [4.69, 9.17) is 5.73 Å². The van der Waals surface area contributed by atoms with Crippen molar-refractivity contribution in [2.75, 3.05) is 0 Å². The highest BCUT2D eigenvalue weighted by Crippen LogP contribution is 2.34. The Labute approximate surface area is 133 Å². The first-order chi connectivity index (χ1) is 10.8. The Morgan fingerprint density at radius 3 is 2.26 bits per heavy atom. The van der Waals surface area contributed by atoms with Crippen LogP contribution >= 0.6 is 0 Å². The highest BCUT2D eigenvalue weighted by molar-refractivity contribution is 5.80. The summed E-state index contributed by atoms with van der Waals surface area (Å²) in [6, 6.07) is 5.42. The van der Waals surface area contributed by atoms with E-state index in [9.17, 15) is 18.0 Å². The van der Waals surface area contributed by atoms with Crippen molar-refractivity contribution in [2.24, 2.45) is 11.7 Å². The number of amides is 1. The molecular formula is C17H21F3N2O. The van der Waals surface area contributed by atoms with Crippen LogP contribution < -0.4 is 5.73 Å². The molecule has 1 amide bonds. The van der Waals surface area contributed by atoms with Crippen LogP contribution in [0.25, 0.3) is 0 Å². The van der Waals surface area contributed by atoms with E-state index >= 15 is 0 Å². The molecule has 2 aliphatic rings. The molecular weight excluding hydrogens is 305 g/mol. The van der Waals surface area contributed by atoms with Gasteiger partial charge in [-0.05, 0) is 49.8 Å². The lowest BCUT2D eigenvalue weighted by Gasteiger charge is -2.26. The van der Waals surface area contributed by atoms with Crippen molar-refractivity contribution in [3.05, 3.63) is 35.4 Å². The molecule has 2 atom stereocenters. The quantitative estimate of drug-likeness (QED) is 0.922. The van der Waals surface area contributed by atoms with Crippen LogP contribution in [0.4, 0.5) is 13.2 Å². The van der Waals surface area contributed by atoms with Gasteiger partial charge in [-0.1, -0.05) is 12.1 Å². The average Bonchev–Trinajstić information content (AvgIpc) is 3.25. The predicted octanol–water partition coefficient (Wildman–Crippen LogP) is 3.32. The highest BCUT2D eigenvalue weighted by atomic mass is 19.4. The minimum absolute atomic E-state index is 0.0277. The summed E-state index contributed by atoms with van der Waals surface area (Å²) in [6.45, 7) is 0.382. The maximum Gasteiger partial charge on any atom is 0.416 e. The Morgan fingerprint density at radius 1 is 1.13 bits per heavy atom. The Bertz CT molecular complexity index is 566. The van der Waals surface area contributed by atoms with Gasteiger partial charge in [-0.15, -0.1) is 0 Å². The molecule has 2 saturated carbocycles. The third-order valence-electron chi connectivity index (χ3n) is 4.73. The van der Waals surface area contributed by atoms with Gasteiger partial charge in [0.2, 0.25) is 5.91 Å². The monoisotopic (exact) mass is 326 g/mol. The maximum absolute atomic E-state index is 12.7. The molecule has 6 heteroatoms. The van der Waals surface area contributed by atoms with Gasteiger partial charge in [-0.2, -0.15) is 13.2 Å². The number of nitrogens with two attached hydrogens (primary N) is 1. The summed E-state index contributed by atoms with van der Waals surface area (Å²) in [7, 11) is 0. The summed E-state index contributed by atoms with van der Waals surface area (Å²) >= 11 is 0. The first kappa shape index (κ1) is 16.3. The van der Waals surface area contributed by atoms with Crippen LogP contribution in [-0.2, 0) is 17.5 Å². The van der Waals surface area contributed by atoms with Crippen molar-refractivity contribution >= 4 is 5.91 Å². The number of benzene rings is 1. The minimum Gasteiger partial charge on any atom is -0.335 e. The number of nitrogens with zero attached hydrogens (tertiary/aromatic N) is 1. The van der Waals surface area contributed by atoms with Crippen molar-refractivity contribution in [3.63, 3.8) is 0 Å². The molecule has 0 radical (unpaired) electrons. The normalized spacial score (nSPS) is 24.7. The van der Waals surface area contributed by atoms with Gasteiger partial charge >= 0.3 is 6.18 Å². The lowest BCUT2D eigenvalue weighted by Crippen LogP contribution is -2.37. The Balaban J connectivity index is 1.69. The standard InChI is InChI=1S/C17H21F3N2O/c18-17(19,20)13-4-1-11(2-5-13)10-22(15-7-8-15)16(23)12-3-6-14(21)9-12/h1-2,4-5,12,14-15H,3,6-10,21H2/t12-,14+/m0/s1. The lowest BCUT2D eigenvalue weighted by molar-refractivity contribution is -0.138. The van der Waals surface area contributed by atoms with E-state index < -0.39 is 11.7 Å². The van der Waals surface area contributed by atoms with E-state index in [1.807, 2.05) is 4.90 Å². The Hall–Kier alpha value is -1.56. The zero-order valence-electron chi connectivity index (χ0n) is 12.9. The molecule has 0 aliphatic heterocycles. The average molecular weight is 326 g/mol. The minimum atomic E-state index is -4.33. The predicted molar refractivity (Wildman–Crippen MR) is 80.3 cm³/mol. The number of rotatable bonds is 4. The zero-order valence-corrected chi connectivity index (χ0v) is 12.9. The summed E-state index contributed by atoms with van der Waals surface area (Å²) in [5.74, 6) is 0.0837. The van der Waals surface area contributed by atoms with Crippen LogP contribution in [0.15, 0.2) is 24.3 Å². The lowest BCUT2D eigenvalue weighted by atomic mass is 10.0. The van der Waals surface area contributed by atoms with Gasteiger partial charge in [-0.25, -0.2) is 0 Å². The third kappa shape index (κ3) is 3.86. The van der Waals surface area contributed by atoms with Gasteiger partial charge in [0.05, 0.1) is 5.56 Å². The Morgan fingerprint density at radius 2 is 1.78 bits per heavy atom. The summed E-state index contributed by atoms with van der Waals surface area (Å²) in [4.78, 5) is 14.5. The molecule has 0 saturated heterocycles. The highest BCUT2D eigenvalue weighted by Gasteiger charge is 2.38. The Kier molecular flexibility index (Phi) is 4.36. The molecule has 3 rings (SSSR count). The molecule has 3 nitrogen and oxygen atoms in total. The van der Waals surface area contributed by atoms with Crippen molar-refractivity contribution in [2.45, 2.75) is 56.9 Å².